The van der Waals surface area contributed by atoms with Crippen LogP contribution < -0.4 is 10.1 Å². The molecule has 0 spiro atoms. The summed E-state index contributed by atoms with van der Waals surface area (Å²) in [6.07, 6.45) is 3.40. The summed E-state index contributed by atoms with van der Waals surface area (Å²) in [5.41, 5.74) is 2.48. The number of aromatic nitrogens is 1. The molecule has 0 unspecified atom stereocenters. The number of rotatable bonds is 8. The Morgan fingerprint density at radius 2 is 1.76 bits per heavy atom. The standard InChI is InChI=1S/C26H30Cl2N2O2S/c1-25(2,3)16-26(4,5)18-6-9-20(10-7-18)32-15-23(31)30-24-29-14-21(33-24)13-17-12-19(27)8-11-22(17)28/h6-12,14H,13,15-16H2,1-5H3,(H,29,30,31). The quantitative estimate of drug-likeness (QED) is 0.340. The summed E-state index contributed by atoms with van der Waals surface area (Å²) in [5, 5.41) is 4.60. The molecule has 7 heteroatoms. The third kappa shape index (κ3) is 7.73. The number of halogens is 2. The molecule has 0 atom stereocenters. The van der Waals surface area contributed by atoms with Gasteiger partial charge >= 0.3 is 0 Å². The zero-order valence-electron chi connectivity index (χ0n) is 19.7. The second kappa shape index (κ2) is 10.5. The van der Waals surface area contributed by atoms with Crippen molar-refractivity contribution in [3.63, 3.8) is 0 Å². The first-order chi connectivity index (χ1) is 15.4. The molecule has 0 fully saturated rings. The topological polar surface area (TPSA) is 51.2 Å². The minimum absolute atomic E-state index is 0.0615. The van der Waals surface area contributed by atoms with Gasteiger partial charge < -0.3 is 4.74 Å². The molecule has 4 nitrogen and oxygen atoms in total. The van der Waals surface area contributed by atoms with E-state index in [0.717, 1.165) is 16.9 Å². The Bertz CT molecular complexity index is 1100. The van der Waals surface area contributed by atoms with E-state index in [4.69, 9.17) is 27.9 Å². The van der Waals surface area contributed by atoms with Crippen LogP contribution >= 0.6 is 34.5 Å². The van der Waals surface area contributed by atoms with E-state index in [0.29, 0.717) is 27.3 Å². The summed E-state index contributed by atoms with van der Waals surface area (Å²) in [4.78, 5) is 17.6. The lowest BCUT2D eigenvalue weighted by Crippen LogP contribution is -2.24. The molecule has 0 aliphatic rings. The van der Waals surface area contributed by atoms with Gasteiger partial charge in [0.1, 0.15) is 5.75 Å². The molecule has 0 radical (unpaired) electrons. The molecule has 3 rings (SSSR count). The smallest absolute Gasteiger partial charge is 0.264 e. The van der Waals surface area contributed by atoms with Gasteiger partial charge in [-0.2, -0.15) is 0 Å². The molecule has 1 N–H and O–H groups in total. The number of nitrogens with one attached hydrogen (secondary N) is 1. The number of hydrogen-bond donors (Lipinski definition) is 1. The van der Waals surface area contributed by atoms with Gasteiger partial charge in [0.2, 0.25) is 0 Å². The third-order valence-electron chi connectivity index (χ3n) is 5.15. The average molecular weight is 506 g/mol. The summed E-state index contributed by atoms with van der Waals surface area (Å²) >= 11 is 13.7. The van der Waals surface area contributed by atoms with Gasteiger partial charge in [-0.15, -0.1) is 11.3 Å². The van der Waals surface area contributed by atoms with Crippen molar-refractivity contribution >= 4 is 45.6 Å². The number of benzene rings is 2. The van der Waals surface area contributed by atoms with E-state index in [1.165, 1.54) is 16.9 Å². The number of ether oxygens (including phenoxy) is 1. The van der Waals surface area contributed by atoms with Crippen LogP contribution in [0.25, 0.3) is 0 Å². The van der Waals surface area contributed by atoms with E-state index in [-0.39, 0.29) is 23.3 Å². The van der Waals surface area contributed by atoms with Crippen molar-refractivity contribution in [2.24, 2.45) is 5.41 Å². The summed E-state index contributed by atoms with van der Waals surface area (Å²) in [6, 6.07) is 13.4. The molecular weight excluding hydrogens is 475 g/mol. The van der Waals surface area contributed by atoms with Gasteiger partial charge in [-0.1, -0.05) is 70.0 Å². The Balaban J connectivity index is 1.52. The Hall–Kier alpha value is -2.08. The molecule has 0 aliphatic heterocycles. The van der Waals surface area contributed by atoms with Crippen molar-refractivity contribution < 1.29 is 9.53 Å². The van der Waals surface area contributed by atoms with Crippen molar-refractivity contribution in [2.75, 3.05) is 11.9 Å². The van der Waals surface area contributed by atoms with Gasteiger partial charge in [0, 0.05) is 27.5 Å². The minimum atomic E-state index is -0.256. The minimum Gasteiger partial charge on any atom is -0.484 e. The van der Waals surface area contributed by atoms with Crippen LogP contribution in [-0.4, -0.2) is 17.5 Å². The van der Waals surface area contributed by atoms with E-state index in [1.807, 2.05) is 18.2 Å². The zero-order chi connectivity index (χ0) is 24.2. The Morgan fingerprint density at radius 1 is 1.06 bits per heavy atom. The van der Waals surface area contributed by atoms with Crippen LogP contribution in [0.1, 0.15) is 57.0 Å². The highest BCUT2D eigenvalue weighted by Crippen LogP contribution is 2.36. The summed E-state index contributed by atoms with van der Waals surface area (Å²) < 4.78 is 5.67. The summed E-state index contributed by atoms with van der Waals surface area (Å²) in [5.74, 6) is 0.407. The zero-order valence-corrected chi connectivity index (χ0v) is 22.0. The number of amides is 1. The van der Waals surface area contributed by atoms with E-state index >= 15 is 0 Å². The maximum absolute atomic E-state index is 12.3. The molecule has 0 aliphatic carbocycles. The van der Waals surface area contributed by atoms with Crippen LogP contribution in [0.5, 0.6) is 5.75 Å². The van der Waals surface area contributed by atoms with E-state index in [1.54, 1.807) is 18.3 Å². The van der Waals surface area contributed by atoms with Crippen LogP contribution in [-0.2, 0) is 16.6 Å². The summed E-state index contributed by atoms with van der Waals surface area (Å²) in [7, 11) is 0. The fourth-order valence-corrected chi connectivity index (χ4v) is 5.28. The number of carbonyl (C=O) groups is 1. The second-order valence-corrected chi connectivity index (χ2v) is 12.0. The third-order valence-corrected chi connectivity index (χ3v) is 6.67. The molecule has 33 heavy (non-hydrogen) atoms. The lowest BCUT2D eigenvalue weighted by atomic mass is 9.72. The molecule has 0 saturated carbocycles. The Labute approximate surface area is 210 Å². The lowest BCUT2D eigenvalue weighted by Gasteiger charge is -2.33. The number of carbonyl (C=O) groups excluding carboxylic acids is 1. The van der Waals surface area contributed by atoms with Gasteiger partial charge in [-0.05, 0) is 58.7 Å². The van der Waals surface area contributed by atoms with Gasteiger partial charge in [-0.3, -0.25) is 10.1 Å². The van der Waals surface area contributed by atoms with Crippen LogP contribution in [0.2, 0.25) is 10.0 Å². The predicted octanol–water partition coefficient (Wildman–Crippen LogP) is 7.77. The largest absolute Gasteiger partial charge is 0.484 e. The monoisotopic (exact) mass is 504 g/mol. The fourth-order valence-electron chi connectivity index (χ4n) is 4.05. The van der Waals surface area contributed by atoms with Crippen molar-refractivity contribution in [3.05, 3.63) is 74.7 Å². The lowest BCUT2D eigenvalue weighted by molar-refractivity contribution is -0.118. The fraction of sp³-hybridized carbons (Fsp3) is 0.385. The van der Waals surface area contributed by atoms with E-state index in [2.05, 4.69) is 57.1 Å². The predicted molar refractivity (Wildman–Crippen MR) is 139 cm³/mol. The van der Waals surface area contributed by atoms with Crippen molar-refractivity contribution in [3.8, 4) is 5.75 Å². The normalized spacial score (nSPS) is 12.0. The maximum Gasteiger partial charge on any atom is 0.264 e. The highest BCUT2D eigenvalue weighted by Gasteiger charge is 2.27. The van der Waals surface area contributed by atoms with Crippen LogP contribution in [0.3, 0.4) is 0 Å². The molecule has 1 aromatic heterocycles. The molecule has 0 bridgehead atoms. The van der Waals surface area contributed by atoms with Crippen LogP contribution in [0.4, 0.5) is 5.13 Å². The number of nitrogens with zero attached hydrogens (tertiary/aromatic N) is 1. The van der Waals surface area contributed by atoms with Crippen molar-refractivity contribution in [1.29, 1.82) is 0 Å². The van der Waals surface area contributed by atoms with Gasteiger partial charge in [0.05, 0.1) is 0 Å². The van der Waals surface area contributed by atoms with E-state index in [9.17, 15) is 4.79 Å². The highest BCUT2D eigenvalue weighted by atomic mass is 35.5. The van der Waals surface area contributed by atoms with Crippen molar-refractivity contribution in [1.82, 2.24) is 4.98 Å². The second-order valence-electron chi connectivity index (χ2n) is 10.0. The van der Waals surface area contributed by atoms with Gasteiger partial charge in [0.15, 0.2) is 11.7 Å². The Kier molecular flexibility index (Phi) is 8.09. The van der Waals surface area contributed by atoms with Crippen LogP contribution in [0.15, 0.2) is 48.7 Å². The van der Waals surface area contributed by atoms with Gasteiger partial charge in [-0.25, -0.2) is 4.98 Å². The highest BCUT2D eigenvalue weighted by molar-refractivity contribution is 7.15. The SMILES string of the molecule is CC(C)(C)CC(C)(C)c1ccc(OCC(=O)Nc2ncc(Cc3cc(Cl)ccc3Cl)s2)cc1. The first kappa shape index (κ1) is 25.5. The molecule has 3 aromatic rings. The van der Waals surface area contributed by atoms with Gasteiger partial charge in [0.25, 0.3) is 5.91 Å². The first-order valence-corrected chi connectivity index (χ1v) is 12.4. The molecule has 2 aromatic carbocycles. The molecule has 0 saturated heterocycles. The molecular formula is C26H30Cl2N2O2S. The van der Waals surface area contributed by atoms with E-state index < -0.39 is 0 Å². The molecule has 1 amide bonds. The molecule has 1 heterocycles. The number of anilines is 1. The first-order valence-electron chi connectivity index (χ1n) is 10.8. The number of hydrogen-bond acceptors (Lipinski definition) is 4. The summed E-state index contributed by atoms with van der Waals surface area (Å²) in [6.45, 7) is 11.2. The van der Waals surface area contributed by atoms with Crippen LogP contribution in [0, 0.1) is 5.41 Å². The average Bonchev–Trinajstić information content (AvgIpc) is 3.14. The van der Waals surface area contributed by atoms with Crippen molar-refractivity contribution in [2.45, 2.75) is 52.9 Å². The molecule has 176 valence electrons. The maximum atomic E-state index is 12.3. The number of thiazole rings is 1. The Morgan fingerprint density at radius 3 is 2.42 bits per heavy atom.